The van der Waals surface area contributed by atoms with Crippen molar-refractivity contribution in [3.63, 3.8) is 0 Å². The number of aromatic nitrogens is 2. The van der Waals surface area contributed by atoms with Gasteiger partial charge in [0, 0.05) is 0 Å². The average Bonchev–Trinajstić information content (AvgIpc) is 2.17. The molecule has 0 radical (unpaired) electrons. The molecule has 0 bridgehead atoms. The summed E-state index contributed by atoms with van der Waals surface area (Å²) in [5, 5.41) is 11.9. The van der Waals surface area contributed by atoms with Gasteiger partial charge in [-0.1, -0.05) is 5.16 Å². The predicted octanol–water partition coefficient (Wildman–Crippen LogP) is -0.0872. The van der Waals surface area contributed by atoms with Gasteiger partial charge in [0.1, 0.15) is 0 Å². The van der Waals surface area contributed by atoms with E-state index in [1.807, 2.05) is 0 Å². The highest BCUT2D eigenvalue weighted by Crippen LogP contribution is 1.94. The minimum absolute atomic E-state index is 0.0572. The molecule has 0 atom stereocenters. The molecule has 4 heteroatoms. The summed E-state index contributed by atoms with van der Waals surface area (Å²) in [4.78, 5) is 3.86. The summed E-state index contributed by atoms with van der Waals surface area (Å²) in [5.41, 5.74) is 0. The van der Waals surface area contributed by atoms with Crippen LogP contribution in [0.25, 0.3) is 0 Å². The highest BCUT2D eigenvalue weighted by atomic mass is 16.5. The standard InChI is InChI=1S/C5H8N2O2/c1-4-6-5(2-3-8)9-7-4/h8H,2-3H2,1H3. The molecule has 50 valence electrons. The molecule has 4 nitrogen and oxygen atoms in total. The quantitative estimate of drug-likeness (QED) is 0.604. The SMILES string of the molecule is Cc1noc(CCO)n1. The molecule has 0 aliphatic rings. The van der Waals surface area contributed by atoms with E-state index in [1.165, 1.54) is 0 Å². The molecule has 0 unspecified atom stereocenters. The largest absolute Gasteiger partial charge is 0.396 e. The maximum atomic E-state index is 8.40. The van der Waals surface area contributed by atoms with Crippen LogP contribution in [0, 0.1) is 6.92 Å². The molecule has 0 amide bonds. The zero-order chi connectivity index (χ0) is 6.69. The molecule has 0 aliphatic carbocycles. The lowest BCUT2D eigenvalue weighted by molar-refractivity contribution is 0.274. The van der Waals surface area contributed by atoms with Gasteiger partial charge in [-0.2, -0.15) is 4.98 Å². The van der Waals surface area contributed by atoms with Crippen LogP contribution < -0.4 is 0 Å². The van der Waals surface area contributed by atoms with Gasteiger partial charge in [-0.3, -0.25) is 0 Å². The van der Waals surface area contributed by atoms with Crippen molar-refractivity contribution in [2.75, 3.05) is 6.61 Å². The monoisotopic (exact) mass is 128 g/mol. The maximum Gasteiger partial charge on any atom is 0.228 e. The summed E-state index contributed by atoms with van der Waals surface area (Å²) >= 11 is 0. The number of hydrogen-bond acceptors (Lipinski definition) is 4. The van der Waals surface area contributed by atoms with Gasteiger partial charge in [-0.25, -0.2) is 0 Å². The van der Waals surface area contributed by atoms with Gasteiger partial charge in [0.25, 0.3) is 0 Å². The van der Waals surface area contributed by atoms with Crippen molar-refractivity contribution in [2.45, 2.75) is 13.3 Å². The molecule has 1 N–H and O–H groups in total. The molecule has 0 aliphatic heterocycles. The first-order valence-electron chi connectivity index (χ1n) is 2.73. The second-order valence-electron chi connectivity index (χ2n) is 1.71. The van der Waals surface area contributed by atoms with Crippen molar-refractivity contribution in [3.05, 3.63) is 11.7 Å². The van der Waals surface area contributed by atoms with Crippen molar-refractivity contribution in [2.24, 2.45) is 0 Å². The fourth-order valence-electron chi connectivity index (χ4n) is 0.537. The number of aliphatic hydroxyl groups excluding tert-OH is 1. The maximum absolute atomic E-state index is 8.40. The van der Waals surface area contributed by atoms with Gasteiger partial charge in [-0.05, 0) is 6.92 Å². The van der Waals surface area contributed by atoms with E-state index >= 15 is 0 Å². The van der Waals surface area contributed by atoms with E-state index in [9.17, 15) is 0 Å². The first-order valence-corrected chi connectivity index (χ1v) is 2.73. The van der Waals surface area contributed by atoms with Crippen LogP contribution in [0.4, 0.5) is 0 Å². The first-order chi connectivity index (χ1) is 4.33. The van der Waals surface area contributed by atoms with Crippen LogP contribution in [0.1, 0.15) is 11.7 Å². The lowest BCUT2D eigenvalue weighted by Gasteiger charge is -1.82. The van der Waals surface area contributed by atoms with E-state index in [0.717, 1.165) is 0 Å². The number of aliphatic hydroxyl groups is 1. The molecule has 9 heavy (non-hydrogen) atoms. The minimum atomic E-state index is 0.0572. The third-order valence-corrected chi connectivity index (χ3v) is 0.895. The molecular formula is C5H8N2O2. The molecule has 0 saturated carbocycles. The van der Waals surface area contributed by atoms with Crippen LogP contribution in [0.2, 0.25) is 0 Å². The molecule has 0 saturated heterocycles. The van der Waals surface area contributed by atoms with Crippen molar-refractivity contribution in [3.8, 4) is 0 Å². The Bertz CT molecular complexity index is 185. The van der Waals surface area contributed by atoms with Crippen molar-refractivity contribution in [1.82, 2.24) is 10.1 Å². The zero-order valence-corrected chi connectivity index (χ0v) is 5.16. The highest BCUT2D eigenvalue weighted by molar-refractivity contribution is 4.81. The second-order valence-corrected chi connectivity index (χ2v) is 1.71. The van der Waals surface area contributed by atoms with E-state index in [0.29, 0.717) is 18.1 Å². The molecule has 1 aromatic heterocycles. The number of rotatable bonds is 2. The van der Waals surface area contributed by atoms with Crippen LogP contribution in [0.15, 0.2) is 4.52 Å². The van der Waals surface area contributed by atoms with E-state index in [1.54, 1.807) is 6.92 Å². The molecule has 0 fully saturated rings. The Morgan fingerprint density at radius 1 is 1.67 bits per heavy atom. The van der Waals surface area contributed by atoms with Gasteiger partial charge in [0.2, 0.25) is 5.89 Å². The number of aryl methyl sites for hydroxylation is 1. The normalized spacial score (nSPS) is 10.0. The summed E-state index contributed by atoms with van der Waals surface area (Å²) < 4.78 is 4.68. The Morgan fingerprint density at radius 3 is 2.89 bits per heavy atom. The van der Waals surface area contributed by atoms with Crippen LogP contribution in [0.3, 0.4) is 0 Å². The fourth-order valence-corrected chi connectivity index (χ4v) is 0.537. The molecule has 1 aromatic rings. The molecular weight excluding hydrogens is 120 g/mol. The fraction of sp³-hybridized carbons (Fsp3) is 0.600. The van der Waals surface area contributed by atoms with Crippen molar-refractivity contribution in [1.29, 1.82) is 0 Å². The first kappa shape index (κ1) is 6.22. The highest BCUT2D eigenvalue weighted by Gasteiger charge is 1.98. The Hall–Kier alpha value is -0.900. The summed E-state index contributed by atoms with van der Waals surface area (Å²) in [7, 11) is 0. The lowest BCUT2D eigenvalue weighted by atomic mass is 10.5. The van der Waals surface area contributed by atoms with Crippen LogP contribution in [-0.4, -0.2) is 21.9 Å². The van der Waals surface area contributed by atoms with Crippen LogP contribution in [0.5, 0.6) is 0 Å². The Labute approximate surface area is 52.5 Å². The molecule has 1 rings (SSSR count). The molecule has 1 heterocycles. The Kier molecular flexibility index (Phi) is 1.79. The molecule has 0 spiro atoms. The third-order valence-electron chi connectivity index (χ3n) is 0.895. The summed E-state index contributed by atoms with van der Waals surface area (Å²) in [6.07, 6.45) is 0.445. The number of hydrogen-bond donors (Lipinski definition) is 1. The van der Waals surface area contributed by atoms with Crippen LogP contribution in [-0.2, 0) is 6.42 Å². The van der Waals surface area contributed by atoms with Crippen LogP contribution >= 0.6 is 0 Å². The van der Waals surface area contributed by atoms with Gasteiger partial charge < -0.3 is 9.63 Å². The predicted molar refractivity (Wildman–Crippen MR) is 29.8 cm³/mol. The van der Waals surface area contributed by atoms with Crippen molar-refractivity contribution >= 4 is 0 Å². The Morgan fingerprint density at radius 2 is 2.44 bits per heavy atom. The number of nitrogens with zero attached hydrogens (tertiary/aromatic N) is 2. The summed E-state index contributed by atoms with van der Waals surface area (Å²) in [6.45, 7) is 1.80. The minimum Gasteiger partial charge on any atom is -0.396 e. The zero-order valence-electron chi connectivity index (χ0n) is 5.16. The topological polar surface area (TPSA) is 59.2 Å². The van der Waals surface area contributed by atoms with Gasteiger partial charge in [-0.15, -0.1) is 0 Å². The van der Waals surface area contributed by atoms with E-state index < -0.39 is 0 Å². The van der Waals surface area contributed by atoms with E-state index in [2.05, 4.69) is 14.7 Å². The van der Waals surface area contributed by atoms with E-state index in [-0.39, 0.29) is 6.61 Å². The summed E-state index contributed by atoms with van der Waals surface area (Å²) in [6, 6.07) is 0. The van der Waals surface area contributed by atoms with Gasteiger partial charge in [0.15, 0.2) is 5.82 Å². The smallest absolute Gasteiger partial charge is 0.228 e. The lowest BCUT2D eigenvalue weighted by Crippen LogP contribution is -1.89. The van der Waals surface area contributed by atoms with Gasteiger partial charge >= 0.3 is 0 Å². The van der Waals surface area contributed by atoms with Gasteiger partial charge in [0.05, 0.1) is 13.0 Å². The average molecular weight is 128 g/mol. The second kappa shape index (κ2) is 2.59. The summed E-state index contributed by atoms with van der Waals surface area (Å²) in [5.74, 6) is 1.11. The van der Waals surface area contributed by atoms with Crippen molar-refractivity contribution < 1.29 is 9.63 Å². The third kappa shape index (κ3) is 1.50. The Balaban J connectivity index is 2.61. The van der Waals surface area contributed by atoms with E-state index in [4.69, 9.17) is 5.11 Å². The molecule has 0 aromatic carbocycles.